The molecule has 1 saturated carbocycles. The largest absolute Gasteiger partial charge is 0.398 e. The summed E-state index contributed by atoms with van der Waals surface area (Å²) in [6.45, 7) is 1.23. The van der Waals surface area contributed by atoms with Crippen molar-refractivity contribution >= 4 is 29.1 Å². The zero-order chi connectivity index (χ0) is 19.3. The minimum Gasteiger partial charge on any atom is -0.398 e. The number of fused-ring (bicyclic) bond motifs is 1. The molecule has 2 N–H and O–H groups in total. The number of rotatable bonds is 5. The third-order valence-electron chi connectivity index (χ3n) is 5.42. The molecule has 1 heterocycles. The topological polar surface area (TPSA) is 66.6 Å². The second-order valence-electron chi connectivity index (χ2n) is 7.83. The highest BCUT2D eigenvalue weighted by Crippen LogP contribution is 2.48. The molecule has 5 nitrogen and oxygen atoms in total. The van der Waals surface area contributed by atoms with Crippen LogP contribution in [0.25, 0.3) is 0 Å². The molecule has 2 aliphatic rings. The van der Waals surface area contributed by atoms with Gasteiger partial charge in [0.15, 0.2) is 0 Å². The van der Waals surface area contributed by atoms with Gasteiger partial charge in [0.25, 0.3) is 11.8 Å². The summed E-state index contributed by atoms with van der Waals surface area (Å²) in [5.74, 6) is -0.701. The Morgan fingerprint density at radius 2 is 1.89 bits per heavy atom. The van der Waals surface area contributed by atoms with E-state index in [0.29, 0.717) is 5.02 Å². The van der Waals surface area contributed by atoms with Crippen molar-refractivity contribution in [2.24, 2.45) is 0 Å². The number of anilines is 1. The molecule has 0 saturated heterocycles. The molecule has 1 aliphatic carbocycles. The molecule has 2 aromatic rings. The Hall–Kier alpha value is -2.37. The molecule has 0 spiro atoms. The minimum atomic E-state index is -0.357. The number of benzene rings is 2. The number of nitrogens with zero attached hydrogens (tertiary/aromatic N) is 2. The van der Waals surface area contributed by atoms with Gasteiger partial charge in [-0.15, -0.1) is 0 Å². The molecule has 0 aromatic heterocycles. The number of halogens is 1. The van der Waals surface area contributed by atoms with E-state index < -0.39 is 0 Å². The van der Waals surface area contributed by atoms with E-state index in [1.807, 2.05) is 12.1 Å². The lowest BCUT2D eigenvalue weighted by molar-refractivity contribution is 0.0642. The van der Waals surface area contributed by atoms with Gasteiger partial charge in [-0.25, -0.2) is 0 Å². The Balaban J connectivity index is 1.61. The van der Waals surface area contributed by atoms with Gasteiger partial charge in [-0.1, -0.05) is 35.9 Å². The number of likely N-dealkylation sites (N-methyl/N-ethyl adjacent to an activating group) is 1. The Morgan fingerprint density at radius 3 is 2.56 bits per heavy atom. The fourth-order valence-corrected chi connectivity index (χ4v) is 4.25. The monoisotopic (exact) mass is 383 g/mol. The normalized spacial score (nSPS) is 17.6. The van der Waals surface area contributed by atoms with E-state index in [1.165, 1.54) is 22.6 Å². The molecule has 0 unspecified atom stereocenters. The van der Waals surface area contributed by atoms with Crippen LogP contribution in [0.3, 0.4) is 0 Å². The van der Waals surface area contributed by atoms with E-state index in [0.717, 1.165) is 24.9 Å². The van der Waals surface area contributed by atoms with Crippen LogP contribution in [-0.4, -0.2) is 42.3 Å². The molecule has 1 aliphatic heterocycles. The second-order valence-corrected chi connectivity index (χ2v) is 8.27. The Kier molecular flexibility index (Phi) is 4.24. The highest BCUT2D eigenvalue weighted by atomic mass is 35.5. The Morgan fingerprint density at radius 1 is 1.15 bits per heavy atom. The maximum absolute atomic E-state index is 12.8. The van der Waals surface area contributed by atoms with Crippen molar-refractivity contribution < 1.29 is 9.59 Å². The number of imide groups is 1. The van der Waals surface area contributed by atoms with Gasteiger partial charge < -0.3 is 10.6 Å². The molecular formula is C21H22ClN3O2. The highest BCUT2D eigenvalue weighted by molar-refractivity contribution is 6.33. The first-order valence-corrected chi connectivity index (χ1v) is 9.38. The summed E-state index contributed by atoms with van der Waals surface area (Å²) in [7, 11) is 4.16. The summed E-state index contributed by atoms with van der Waals surface area (Å²) >= 11 is 6.00. The summed E-state index contributed by atoms with van der Waals surface area (Å²) in [6, 6.07) is 11.2. The average molecular weight is 384 g/mol. The van der Waals surface area contributed by atoms with E-state index in [9.17, 15) is 9.59 Å². The van der Waals surface area contributed by atoms with Gasteiger partial charge in [-0.3, -0.25) is 14.5 Å². The van der Waals surface area contributed by atoms with Crippen LogP contribution >= 0.6 is 11.6 Å². The van der Waals surface area contributed by atoms with Crippen LogP contribution in [0.2, 0.25) is 5.02 Å². The van der Waals surface area contributed by atoms with Gasteiger partial charge in [0.05, 0.1) is 17.7 Å². The van der Waals surface area contributed by atoms with Gasteiger partial charge >= 0.3 is 0 Å². The molecule has 0 bridgehead atoms. The Labute approximate surface area is 163 Å². The standard InChI is InChI=1S/C21H22ClN3O2/c1-24(2)12-21(6-7-21)14-5-3-4-13(8-14)11-25-19(26)16-9-15(22)10-17(23)18(16)20(25)27/h3-5,8-10H,6-7,11-12,23H2,1-2H3. The average Bonchev–Trinajstić information content (AvgIpc) is 3.33. The predicted molar refractivity (Wildman–Crippen MR) is 106 cm³/mol. The van der Waals surface area contributed by atoms with Crippen LogP contribution in [0.15, 0.2) is 36.4 Å². The van der Waals surface area contributed by atoms with Gasteiger partial charge in [0, 0.05) is 22.7 Å². The van der Waals surface area contributed by atoms with Crippen molar-refractivity contribution in [3.8, 4) is 0 Å². The lowest BCUT2D eigenvalue weighted by Crippen LogP contribution is -2.29. The summed E-state index contributed by atoms with van der Waals surface area (Å²) in [5, 5.41) is 0.357. The van der Waals surface area contributed by atoms with Crippen LogP contribution in [0, 0.1) is 0 Å². The minimum absolute atomic E-state index is 0.194. The highest BCUT2D eigenvalue weighted by Gasteiger charge is 2.44. The molecule has 0 radical (unpaired) electrons. The number of carbonyl (C=O) groups excluding carboxylic acids is 2. The van der Waals surface area contributed by atoms with Crippen LogP contribution in [-0.2, 0) is 12.0 Å². The Bertz CT molecular complexity index is 950. The number of nitrogens with two attached hydrogens (primary N) is 1. The van der Waals surface area contributed by atoms with Gasteiger partial charge in [-0.05, 0) is 50.2 Å². The first-order valence-electron chi connectivity index (χ1n) is 9.00. The first kappa shape index (κ1) is 18.0. The zero-order valence-corrected chi connectivity index (χ0v) is 16.2. The summed E-state index contributed by atoms with van der Waals surface area (Å²) < 4.78 is 0. The molecule has 2 amide bonds. The van der Waals surface area contributed by atoms with Crippen molar-refractivity contribution in [1.82, 2.24) is 9.80 Å². The first-order chi connectivity index (χ1) is 12.8. The summed E-state index contributed by atoms with van der Waals surface area (Å²) in [6.07, 6.45) is 2.33. The molecule has 140 valence electrons. The van der Waals surface area contributed by atoms with Gasteiger partial charge in [0.2, 0.25) is 0 Å². The van der Waals surface area contributed by atoms with E-state index >= 15 is 0 Å². The van der Waals surface area contributed by atoms with Gasteiger partial charge in [0.1, 0.15) is 0 Å². The molecule has 0 atom stereocenters. The number of carbonyl (C=O) groups is 2. The van der Waals surface area contributed by atoms with Crippen molar-refractivity contribution in [2.45, 2.75) is 24.8 Å². The SMILES string of the molecule is CN(C)CC1(c2cccc(CN3C(=O)c4cc(Cl)cc(N)c4C3=O)c2)CC1. The summed E-state index contributed by atoms with van der Waals surface area (Å²) in [5.41, 5.74) is 9.12. The number of hydrogen-bond donors (Lipinski definition) is 1. The van der Waals surface area contributed by atoms with Crippen molar-refractivity contribution in [3.05, 3.63) is 63.7 Å². The fraction of sp³-hybridized carbons (Fsp3) is 0.333. The van der Waals surface area contributed by atoms with Crippen molar-refractivity contribution in [3.63, 3.8) is 0 Å². The lowest BCUT2D eigenvalue weighted by Gasteiger charge is -2.22. The van der Waals surface area contributed by atoms with Crippen molar-refractivity contribution in [1.29, 1.82) is 0 Å². The molecule has 6 heteroatoms. The van der Waals surface area contributed by atoms with E-state index in [1.54, 1.807) is 0 Å². The van der Waals surface area contributed by atoms with Crippen LogP contribution < -0.4 is 5.73 Å². The molecule has 27 heavy (non-hydrogen) atoms. The fourth-order valence-electron chi connectivity index (χ4n) is 4.03. The third-order valence-corrected chi connectivity index (χ3v) is 5.64. The predicted octanol–water partition coefficient (Wildman–Crippen LogP) is 3.31. The van der Waals surface area contributed by atoms with Crippen molar-refractivity contribution in [2.75, 3.05) is 26.4 Å². The maximum atomic E-state index is 12.8. The number of amides is 2. The molecule has 4 rings (SSSR count). The zero-order valence-electron chi connectivity index (χ0n) is 15.5. The molecule has 2 aromatic carbocycles. The van der Waals surface area contributed by atoms with Gasteiger partial charge in [-0.2, -0.15) is 0 Å². The van der Waals surface area contributed by atoms with Crippen LogP contribution in [0.1, 0.15) is 44.7 Å². The van der Waals surface area contributed by atoms with Crippen LogP contribution in [0.4, 0.5) is 5.69 Å². The second kappa shape index (κ2) is 6.36. The lowest BCUT2D eigenvalue weighted by atomic mass is 9.94. The maximum Gasteiger partial charge on any atom is 0.263 e. The van der Waals surface area contributed by atoms with E-state index in [-0.39, 0.29) is 40.6 Å². The van der Waals surface area contributed by atoms with E-state index in [4.69, 9.17) is 17.3 Å². The van der Waals surface area contributed by atoms with E-state index in [2.05, 4.69) is 31.1 Å². The quantitative estimate of drug-likeness (QED) is 0.635. The smallest absolute Gasteiger partial charge is 0.263 e. The van der Waals surface area contributed by atoms with Crippen LogP contribution in [0.5, 0.6) is 0 Å². The molecule has 1 fully saturated rings. The number of hydrogen-bond acceptors (Lipinski definition) is 4. The third kappa shape index (κ3) is 3.11. The molecular weight excluding hydrogens is 362 g/mol. The summed E-state index contributed by atoms with van der Waals surface area (Å²) in [4.78, 5) is 29.0. The number of nitrogen functional groups attached to an aromatic ring is 1.